The zero-order valence-electron chi connectivity index (χ0n) is 35.0. The van der Waals surface area contributed by atoms with Crippen molar-refractivity contribution in [3.05, 3.63) is 48.1 Å². The third-order valence-electron chi connectivity index (χ3n) is 10.3. The van der Waals surface area contributed by atoms with Gasteiger partial charge in [-0.15, -0.1) is 0 Å². The molecule has 0 aromatic carbocycles. The molecule has 8 atom stereocenters. The summed E-state index contributed by atoms with van der Waals surface area (Å²) in [6.45, 7) is 5.04. The lowest BCUT2D eigenvalue weighted by Gasteiger charge is -2.51. The lowest BCUT2D eigenvalue weighted by molar-refractivity contribution is -0.327. The zero-order chi connectivity index (χ0) is 43.3. The van der Waals surface area contributed by atoms with Gasteiger partial charge in [-0.3, -0.25) is 14.4 Å². The van der Waals surface area contributed by atoms with Crippen molar-refractivity contribution in [1.82, 2.24) is 0 Å². The van der Waals surface area contributed by atoms with E-state index in [2.05, 4.69) is 6.92 Å². The highest BCUT2D eigenvalue weighted by Gasteiger charge is 2.57. The molecule has 0 saturated carbocycles. The molecular formula is C43H66O16. The second-order valence-electron chi connectivity index (χ2n) is 15.6. The number of unbranched alkanes of at least 4 members (excludes halogenated alkanes) is 4. The van der Waals surface area contributed by atoms with Crippen molar-refractivity contribution < 1.29 is 77.5 Å². The Morgan fingerprint density at radius 3 is 2.39 bits per heavy atom. The standard InChI is InChI=1S/C43H66O16/c1-5-6-7-8-11-14-36(47)58-41-30(24-37(48)52-4)23-34-27-35(29-45)55-39(50)25-31(46)16-21-53-22-17-32-26-33(28-38(49)54-20-13-10-9-12-19-44)57-40(56-32)15-18-42(2,3)43(41,51)59-34/h9-10,12-13,15,18,24,31-35,40-41,44-46,51H,5-8,11,14,16-17,19-23,25-29H2,1-4H3/b12-9+,13-10+,18-15+,30-24+/t31-,32-,33-,34?,35-,40-,41+,43-/m1/s1. The van der Waals surface area contributed by atoms with Crippen LogP contribution in [0.15, 0.2) is 48.1 Å². The average molecular weight is 839 g/mol. The number of rotatable bonds is 15. The van der Waals surface area contributed by atoms with Gasteiger partial charge in [0.05, 0.1) is 57.6 Å². The molecule has 334 valence electrons. The fraction of sp³-hybridized carbons (Fsp3) is 0.721. The van der Waals surface area contributed by atoms with Crippen molar-refractivity contribution in [2.45, 2.75) is 153 Å². The Hall–Kier alpha value is -3.48. The summed E-state index contributed by atoms with van der Waals surface area (Å²) in [5.41, 5.74) is -1.25. The van der Waals surface area contributed by atoms with Crippen LogP contribution in [0.4, 0.5) is 0 Å². The fourth-order valence-corrected chi connectivity index (χ4v) is 7.00. The lowest BCUT2D eigenvalue weighted by Crippen LogP contribution is -2.62. The quantitative estimate of drug-likeness (QED) is 0.0460. The van der Waals surface area contributed by atoms with Crippen LogP contribution in [0.25, 0.3) is 0 Å². The molecule has 0 aromatic heterocycles. The number of aliphatic hydroxyl groups is 4. The van der Waals surface area contributed by atoms with Crippen molar-refractivity contribution in [3.8, 4) is 0 Å². The third-order valence-corrected chi connectivity index (χ3v) is 10.3. The zero-order valence-corrected chi connectivity index (χ0v) is 35.0. The van der Waals surface area contributed by atoms with Crippen LogP contribution in [0.5, 0.6) is 0 Å². The van der Waals surface area contributed by atoms with E-state index in [0.29, 0.717) is 19.3 Å². The van der Waals surface area contributed by atoms with Crippen LogP contribution in [0.1, 0.15) is 104 Å². The van der Waals surface area contributed by atoms with E-state index < -0.39 is 84.6 Å². The van der Waals surface area contributed by atoms with Crippen LogP contribution in [-0.2, 0) is 57.1 Å². The molecule has 0 aromatic rings. The van der Waals surface area contributed by atoms with Gasteiger partial charge < -0.3 is 58.3 Å². The Morgan fingerprint density at radius 1 is 0.932 bits per heavy atom. The second-order valence-corrected chi connectivity index (χ2v) is 15.6. The van der Waals surface area contributed by atoms with E-state index in [4.69, 9.17) is 43.0 Å². The number of cyclic esters (lactones) is 1. The average Bonchev–Trinajstić information content (AvgIpc) is 3.18. The minimum atomic E-state index is -2.36. The number of hydrogen-bond acceptors (Lipinski definition) is 16. The molecule has 0 aliphatic carbocycles. The fourth-order valence-electron chi connectivity index (χ4n) is 7.00. The number of methoxy groups -OCH3 is 1. The van der Waals surface area contributed by atoms with Crippen LogP contribution in [0.3, 0.4) is 0 Å². The number of allylic oxidation sites excluding steroid dienone is 2. The molecule has 3 heterocycles. The van der Waals surface area contributed by atoms with E-state index in [1.807, 2.05) is 0 Å². The summed E-state index contributed by atoms with van der Waals surface area (Å²) in [7, 11) is 1.19. The van der Waals surface area contributed by atoms with E-state index in [-0.39, 0.29) is 70.5 Å². The second kappa shape index (κ2) is 26.0. The van der Waals surface area contributed by atoms with Crippen LogP contribution >= 0.6 is 0 Å². The smallest absolute Gasteiger partial charge is 0.330 e. The number of carbonyl (C=O) groups is 4. The van der Waals surface area contributed by atoms with Crippen molar-refractivity contribution in [3.63, 3.8) is 0 Å². The molecule has 2 saturated heterocycles. The number of carbonyl (C=O) groups excluding carboxylic acids is 4. The van der Waals surface area contributed by atoms with E-state index in [1.165, 1.54) is 13.2 Å². The molecular weight excluding hydrogens is 772 g/mol. The molecule has 3 rings (SSSR count). The SMILES string of the molecule is CCCCCCCC(=O)O[C@H]1/C(=C/C(=O)OC)CC2C[C@H](CO)OC(=O)C[C@H](O)CCOCC[C@@H]3C[C@H](CC(=O)OC/C=C/C=C/CO)O[C@H](/C=C/C(C)(C)[C@]1(O)O2)O3. The van der Waals surface area contributed by atoms with Gasteiger partial charge in [-0.2, -0.15) is 0 Å². The molecule has 3 aliphatic heterocycles. The molecule has 4 N–H and O–H groups in total. The van der Waals surface area contributed by atoms with E-state index in [1.54, 1.807) is 44.2 Å². The maximum atomic E-state index is 13.4. The minimum Gasteiger partial charge on any atom is -0.466 e. The third kappa shape index (κ3) is 17.2. The van der Waals surface area contributed by atoms with Crippen molar-refractivity contribution in [2.24, 2.45) is 5.41 Å². The first-order valence-electron chi connectivity index (χ1n) is 20.8. The Morgan fingerprint density at radius 2 is 1.66 bits per heavy atom. The molecule has 4 bridgehead atoms. The van der Waals surface area contributed by atoms with Gasteiger partial charge in [0.25, 0.3) is 0 Å². The van der Waals surface area contributed by atoms with Gasteiger partial charge in [-0.1, -0.05) is 70.8 Å². The van der Waals surface area contributed by atoms with Crippen LogP contribution < -0.4 is 0 Å². The molecule has 59 heavy (non-hydrogen) atoms. The van der Waals surface area contributed by atoms with Crippen molar-refractivity contribution >= 4 is 23.9 Å². The maximum Gasteiger partial charge on any atom is 0.330 e. The molecule has 16 heteroatoms. The number of aliphatic hydroxyl groups excluding tert-OH is 3. The predicted molar refractivity (Wildman–Crippen MR) is 212 cm³/mol. The topological polar surface area (TPSA) is 223 Å². The van der Waals surface area contributed by atoms with E-state index in [0.717, 1.165) is 31.8 Å². The maximum absolute atomic E-state index is 13.4. The highest BCUT2D eigenvalue weighted by molar-refractivity contribution is 5.83. The van der Waals surface area contributed by atoms with Gasteiger partial charge >= 0.3 is 23.9 Å². The summed E-state index contributed by atoms with van der Waals surface area (Å²) in [5.74, 6) is -5.01. The number of ether oxygens (including phenoxy) is 8. The van der Waals surface area contributed by atoms with Gasteiger partial charge in [0.15, 0.2) is 12.4 Å². The van der Waals surface area contributed by atoms with Gasteiger partial charge in [-0.25, -0.2) is 4.79 Å². The molecule has 0 amide bonds. The first-order valence-corrected chi connectivity index (χ1v) is 20.8. The van der Waals surface area contributed by atoms with Gasteiger partial charge in [0, 0.05) is 44.0 Å². The predicted octanol–water partition coefficient (Wildman–Crippen LogP) is 3.81. The van der Waals surface area contributed by atoms with Gasteiger partial charge in [0.2, 0.25) is 5.79 Å². The molecule has 16 nitrogen and oxygen atoms in total. The van der Waals surface area contributed by atoms with Crippen LogP contribution in [0.2, 0.25) is 0 Å². The van der Waals surface area contributed by atoms with E-state index in [9.17, 15) is 34.5 Å². The highest BCUT2D eigenvalue weighted by Crippen LogP contribution is 2.47. The largest absolute Gasteiger partial charge is 0.466 e. The Labute approximate surface area is 347 Å². The normalized spacial score (nSPS) is 31.0. The molecule has 3 aliphatic rings. The minimum absolute atomic E-state index is 0.0197. The number of fused-ring (bicyclic) bond motifs is 4. The monoisotopic (exact) mass is 838 g/mol. The van der Waals surface area contributed by atoms with Crippen LogP contribution in [-0.4, -0.2) is 133 Å². The molecule has 2 fully saturated rings. The van der Waals surface area contributed by atoms with Crippen LogP contribution in [0, 0.1) is 5.41 Å². The molecule has 0 radical (unpaired) electrons. The van der Waals surface area contributed by atoms with Crippen molar-refractivity contribution in [2.75, 3.05) is 40.1 Å². The first-order chi connectivity index (χ1) is 28.2. The Bertz CT molecular complexity index is 1440. The van der Waals surface area contributed by atoms with E-state index >= 15 is 0 Å². The molecule has 0 spiro atoms. The van der Waals surface area contributed by atoms with Gasteiger partial charge in [0.1, 0.15) is 12.7 Å². The summed E-state index contributed by atoms with van der Waals surface area (Å²) >= 11 is 0. The number of esters is 4. The molecule has 1 unspecified atom stereocenters. The Balaban J connectivity index is 2.00. The number of hydrogen-bond donors (Lipinski definition) is 4. The summed E-state index contributed by atoms with van der Waals surface area (Å²) in [4.78, 5) is 51.8. The van der Waals surface area contributed by atoms with Crippen molar-refractivity contribution in [1.29, 1.82) is 0 Å². The summed E-state index contributed by atoms with van der Waals surface area (Å²) in [5, 5.41) is 42.4. The Kier molecular flexibility index (Phi) is 22.0. The summed E-state index contributed by atoms with van der Waals surface area (Å²) in [6, 6.07) is 0. The summed E-state index contributed by atoms with van der Waals surface area (Å²) < 4.78 is 46.4. The lowest BCUT2D eigenvalue weighted by atomic mass is 9.74. The van der Waals surface area contributed by atoms with Gasteiger partial charge in [-0.05, 0) is 43.4 Å². The summed E-state index contributed by atoms with van der Waals surface area (Å²) in [6.07, 6.45) is 8.58. The first kappa shape index (κ1) is 49.9. The highest BCUT2D eigenvalue weighted by atomic mass is 16.7.